The minimum Gasteiger partial charge on any atom is -0.283 e. The molecule has 1 aliphatic rings. The SMILES string of the molecule is CC1=NCc2ncc(-c3cnccn3)cc21. The molecule has 0 saturated carbocycles. The highest BCUT2D eigenvalue weighted by Crippen LogP contribution is 2.22. The topological polar surface area (TPSA) is 51.0 Å². The van der Waals surface area contributed by atoms with E-state index in [9.17, 15) is 0 Å². The molecule has 4 heteroatoms. The van der Waals surface area contributed by atoms with Gasteiger partial charge >= 0.3 is 0 Å². The molecule has 0 fully saturated rings. The number of aromatic nitrogens is 3. The van der Waals surface area contributed by atoms with Gasteiger partial charge in [-0.05, 0) is 13.0 Å². The molecule has 0 saturated heterocycles. The fraction of sp³-hybridized carbons (Fsp3) is 0.167. The van der Waals surface area contributed by atoms with E-state index in [1.807, 2.05) is 13.1 Å². The highest BCUT2D eigenvalue weighted by atomic mass is 14.8. The smallest absolute Gasteiger partial charge is 0.0900 e. The molecule has 0 N–H and O–H groups in total. The Bertz CT molecular complexity index is 560. The van der Waals surface area contributed by atoms with E-state index >= 15 is 0 Å². The van der Waals surface area contributed by atoms with Gasteiger partial charge in [0.15, 0.2) is 0 Å². The first-order chi connectivity index (χ1) is 7.84. The summed E-state index contributed by atoms with van der Waals surface area (Å²) in [7, 11) is 0. The second-order valence-electron chi connectivity index (χ2n) is 3.71. The predicted molar refractivity (Wildman–Crippen MR) is 61.2 cm³/mol. The first-order valence-corrected chi connectivity index (χ1v) is 5.11. The van der Waals surface area contributed by atoms with Crippen molar-refractivity contribution in [2.24, 2.45) is 4.99 Å². The summed E-state index contributed by atoms with van der Waals surface area (Å²) in [6.45, 7) is 2.70. The first kappa shape index (κ1) is 9.15. The maximum absolute atomic E-state index is 4.40. The van der Waals surface area contributed by atoms with Gasteiger partial charge in [0, 0.05) is 35.4 Å². The third-order valence-electron chi connectivity index (χ3n) is 2.68. The van der Waals surface area contributed by atoms with E-state index in [-0.39, 0.29) is 0 Å². The van der Waals surface area contributed by atoms with Crippen molar-refractivity contribution in [3.8, 4) is 11.3 Å². The number of pyridine rings is 1. The first-order valence-electron chi connectivity index (χ1n) is 5.11. The Morgan fingerprint density at radius 1 is 1.12 bits per heavy atom. The van der Waals surface area contributed by atoms with E-state index in [2.05, 4.69) is 26.0 Å². The van der Waals surface area contributed by atoms with Crippen LogP contribution in [0.2, 0.25) is 0 Å². The lowest BCUT2D eigenvalue weighted by Gasteiger charge is -2.03. The Balaban J connectivity index is 2.11. The van der Waals surface area contributed by atoms with Crippen LogP contribution in [0.1, 0.15) is 18.2 Å². The van der Waals surface area contributed by atoms with Crippen LogP contribution in [0.4, 0.5) is 0 Å². The molecule has 0 spiro atoms. The number of nitrogens with zero attached hydrogens (tertiary/aromatic N) is 4. The molecule has 0 amide bonds. The normalized spacial score (nSPS) is 13.4. The molecule has 16 heavy (non-hydrogen) atoms. The van der Waals surface area contributed by atoms with Gasteiger partial charge in [-0.3, -0.25) is 19.9 Å². The van der Waals surface area contributed by atoms with Gasteiger partial charge in [0.1, 0.15) is 0 Å². The maximum atomic E-state index is 4.40. The molecule has 78 valence electrons. The average molecular weight is 210 g/mol. The summed E-state index contributed by atoms with van der Waals surface area (Å²) in [4.78, 5) is 17.1. The van der Waals surface area contributed by atoms with Crippen LogP contribution in [-0.2, 0) is 6.54 Å². The van der Waals surface area contributed by atoms with Crippen LogP contribution >= 0.6 is 0 Å². The summed E-state index contributed by atoms with van der Waals surface area (Å²) in [6.07, 6.45) is 6.92. The highest BCUT2D eigenvalue weighted by Gasteiger charge is 2.14. The third kappa shape index (κ3) is 1.39. The van der Waals surface area contributed by atoms with E-state index in [1.165, 1.54) is 0 Å². The molecular weight excluding hydrogens is 200 g/mol. The Morgan fingerprint density at radius 3 is 2.88 bits per heavy atom. The van der Waals surface area contributed by atoms with Gasteiger partial charge in [0.2, 0.25) is 0 Å². The van der Waals surface area contributed by atoms with Gasteiger partial charge in [0.05, 0.1) is 24.1 Å². The third-order valence-corrected chi connectivity index (χ3v) is 2.68. The summed E-state index contributed by atoms with van der Waals surface area (Å²) in [5, 5.41) is 0. The van der Waals surface area contributed by atoms with Crippen LogP contribution in [0.25, 0.3) is 11.3 Å². The van der Waals surface area contributed by atoms with Crippen molar-refractivity contribution >= 4 is 5.71 Å². The molecule has 1 aliphatic heterocycles. The molecule has 0 atom stereocenters. The Morgan fingerprint density at radius 2 is 2.06 bits per heavy atom. The molecule has 3 rings (SSSR count). The molecule has 4 nitrogen and oxygen atoms in total. The Kier molecular flexibility index (Phi) is 1.99. The van der Waals surface area contributed by atoms with Gasteiger partial charge in [-0.25, -0.2) is 0 Å². The van der Waals surface area contributed by atoms with Crippen molar-refractivity contribution in [2.75, 3.05) is 0 Å². The largest absolute Gasteiger partial charge is 0.283 e. The molecule has 0 aliphatic carbocycles. The number of hydrogen-bond donors (Lipinski definition) is 0. The molecule has 0 bridgehead atoms. The van der Waals surface area contributed by atoms with Crippen LogP contribution in [0, 0.1) is 0 Å². The van der Waals surface area contributed by atoms with Crippen molar-refractivity contribution in [3.05, 3.63) is 42.1 Å². The molecule has 2 aromatic rings. The highest BCUT2D eigenvalue weighted by molar-refractivity contribution is 6.02. The van der Waals surface area contributed by atoms with Crippen LogP contribution in [0.5, 0.6) is 0 Å². The van der Waals surface area contributed by atoms with E-state index in [0.29, 0.717) is 6.54 Å². The van der Waals surface area contributed by atoms with Gasteiger partial charge in [0.25, 0.3) is 0 Å². The van der Waals surface area contributed by atoms with Gasteiger partial charge in [-0.1, -0.05) is 0 Å². The van der Waals surface area contributed by atoms with Crippen molar-refractivity contribution in [3.63, 3.8) is 0 Å². The van der Waals surface area contributed by atoms with Crippen molar-refractivity contribution in [1.82, 2.24) is 15.0 Å². The molecule has 0 radical (unpaired) electrons. The number of aliphatic imine (C=N–C) groups is 1. The van der Waals surface area contributed by atoms with Gasteiger partial charge in [-0.15, -0.1) is 0 Å². The summed E-state index contributed by atoms with van der Waals surface area (Å²) in [5.74, 6) is 0. The summed E-state index contributed by atoms with van der Waals surface area (Å²) in [5.41, 5.74) is 5.06. The summed E-state index contributed by atoms with van der Waals surface area (Å²) in [6, 6.07) is 2.08. The fourth-order valence-corrected chi connectivity index (χ4v) is 1.80. The van der Waals surface area contributed by atoms with Gasteiger partial charge in [-0.2, -0.15) is 0 Å². The Hall–Kier alpha value is -2.10. The van der Waals surface area contributed by atoms with Crippen LogP contribution < -0.4 is 0 Å². The molecule has 0 aromatic carbocycles. The monoisotopic (exact) mass is 210 g/mol. The summed E-state index contributed by atoms with van der Waals surface area (Å²) < 4.78 is 0. The molecule has 0 unspecified atom stereocenters. The van der Waals surface area contributed by atoms with E-state index in [0.717, 1.165) is 28.2 Å². The number of fused-ring (bicyclic) bond motifs is 1. The van der Waals surface area contributed by atoms with Crippen LogP contribution in [0.15, 0.2) is 35.8 Å². The van der Waals surface area contributed by atoms with Crippen LogP contribution in [0.3, 0.4) is 0 Å². The minimum absolute atomic E-state index is 0.696. The second-order valence-corrected chi connectivity index (χ2v) is 3.71. The quantitative estimate of drug-likeness (QED) is 0.721. The second kappa shape index (κ2) is 3.48. The fourth-order valence-electron chi connectivity index (χ4n) is 1.80. The molecule has 3 heterocycles. The van der Waals surface area contributed by atoms with E-state index in [1.54, 1.807) is 18.6 Å². The van der Waals surface area contributed by atoms with Crippen molar-refractivity contribution in [2.45, 2.75) is 13.5 Å². The van der Waals surface area contributed by atoms with E-state index < -0.39 is 0 Å². The molecular formula is C12H10N4. The minimum atomic E-state index is 0.696. The zero-order valence-electron chi connectivity index (χ0n) is 8.88. The number of rotatable bonds is 1. The lowest BCUT2D eigenvalue weighted by molar-refractivity contribution is 1.02. The lowest BCUT2D eigenvalue weighted by Crippen LogP contribution is -1.96. The zero-order valence-corrected chi connectivity index (χ0v) is 8.88. The van der Waals surface area contributed by atoms with E-state index in [4.69, 9.17) is 0 Å². The van der Waals surface area contributed by atoms with Crippen molar-refractivity contribution < 1.29 is 0 Å². The van der Waals surface area contributed by atoms with Gasteiger partial charge < -0.3 is 0 Å². The number of hydrogen-bond acceptors (Lipinski definition) is 4. The predicted octanol–water partition coefficient (Wildman–Crippen LogP) is 1.86. The lowest BCUT2D eigenvalue weighted by atomic mass is 10.1. The maximum Gasteiger partial charge on any atom is 0.0900 e. The zero-order chi connectivity index (χ0) is 11.0. The molecule has 2 aromatic heterocycles. The standard InChI is InChI=1S/C12H10N4/c1-8-10-4-9(5-16-12(10)7-15-8)11-6-13-2-3-14-11/h2-6H,7H2,1H3. The van der Waals surface area contributed by atoms with Crippen LogP contribution in [-0.4, -0.2) is 20.7 Å². The Labute approximate surface area is 93.1 Å². The van der Waals surface area contributed by atoms with Crippen molar-refractivity contribution in [1.29, 1.82) is 0 Å². The summed E-state index contributed by atoms with van der Waals surface area (Å²) >= 11 is 0. The average Bonchev–Trinajstić information content (AvgIpc) is 2.72.